The van der Waals surface area contributed by atoms with Gasteiger partial charge in [-0.1, -0.05) is 0 Å². The number of carboxylic acid groups (broad SMARTS) is 1. The number of rotatable bonds is 8. The van der Waals surface area contributed by atoms with E-state index in [2.05, 4.69) is 10.1 Å². The van der Waals surface area contributed by atoms with E-state index >= 15 is 0 Å². The predicted molar refractivity (Wildman–Crippen MR) is 73.6 cm³/mol. The fraction of sp³-hybridized carbons (Fsp3) is 0.786. The molecule has 2 amide bonds. The van der Waals surface area contributed by atoms with Crippen molar-refractivity contribution in [3.8, 4) is 0 Å². The molecule has 0 aromatic rings. The van der Waals surface area contributed by atoms with Crippen LogP contribution < -0.4 is 5.32 Å². The Bertz CT molecular complexity index is 404. The van der Waals surface area contributed by atoms with E-state index in [1.165, 1.54) is 7.11 Å². The van der Waals surface area contributed by atoms with Crippen LogP contribution in [0.3, 0.4) is 0 Å². The summed E-state index contributed by atoms with van der Waals surface area (Å²) in [5, 5.41) is 11.5. The van der Waals surface area contributed by atoms with Crippen LogP contribution in [0.15, 0.2) is 0 Å². The van der Waals surface area contributed by atoms with Gasteiger partial charge in [-0.25, -0.2) is 9.59 Å². The smallest absolute Gasteiger partial charge is 0.326 e. The maximum Gasteiger partial charge on any atom is 0.326 e. The van der Waals surface area contributed by atoms with E-state index < -0.39 is 24.0 Å². The first-order valence-corrected chi connectivity index (χ1v) is 7.34. The van der Waals surface area contributed by atoms with Crippen LogP contribution in [0.4, 0.5) is 4.79 Å². The second-order valence-electron chi connectivity index (χ2n) is 5.91. The molecule has 2 aliphatic rings. The Morgan fingerprint density at radius 2 is 1.71 bits per heavy atom. The minimum absolute atomic E-state index is 0.363. The van der Waals surface area contributed by atoms with Gasteiger partial charge >= 0.3 is 18.0 Å². The van der Waals surface area contributed by atoms with E-state index in [0.29, 0.717) is 24.9 Å². The maximum absolute atomic E-state index is 12.3. The van der Waals surface area contributed by atoms with Crippen LogP contribution in [-0.4, -0.2) is 54.2 Å². The molecule has 2 aliphatic carbocycles. The third kappa shape index (κ3) is 5.24. The van der Waals surface area contributed by atoms with Crippen LogP contribution in [0.1, 0.15) is 32.1 Å². The third-order valence-electron chi connectivity index (χ3n) is 3.83. The molecule has 21 heavy (non-hydrogen) atoms. The molecule has 1 atom stereocenters. The fourth-order valence-corrected chi connectivity index (χ4v) is 2.15. The summed E-state index contributed by atoms with van der Waals surface area (Å²) in [6.45, 7) is 1.35. The lowest BCUT2D eigenvalue weighted by Gasteiger charge is -2.25. The molecule has 118 valence electrons. The van der Waals surface area contributed by atoms with Gasteiger partial charge in [0.15, 0.2) is 0 Å². The molecule has 0 aromatic heterocycles. The van der Waals surface area contributed by atoms with E-state index in [0.717, 1.165) is 25.7 Å². The van der Waals surface area contributed by atoms with Crippen LogP contribution in [0.5, 0.6) is 0 Å². The van der Waals surface area contributed by atoms with Crippen molar-refractivity contribution < 1.29 is 24.2 Å². The first-order valence-electron chi connectivity index (χ1n) is 7.34. The Kier molecular flexibility index (Phi) is 5.03. The molecule has 7 nitrogen and oxygen atoms in total. The summed E-state index contributed by atoms with van der Waals surface area (Å²) < 4.78 is 4.45. The van der Waals surface area contributed by atoms with Crippen molar-refractivity contribution in [2.24, 2.45) is 11.8 Å². The lowest BCUT2D eigenvalue weighted by molar-refractivity contribution is -0.147. The Morgan fingerprint density at radius 3 is 2.10 bits per heavy atom. The van der Waals surface area contributed by atoms with Crippen LogP contribution >= 0.6 is 0 Å². The normalized spacial score (nSPS) is 18.7. The van der Waals surface area contributed by atoms with Gasteiger partial charge < -0.3 is 20.1 Å². The van der Waals surface area contributed by atoms with Crippen LogP contribution in [0.2, 0.25) is 0 Å². The molecule has 0 spiro atoms. The number of carbonyl (C=O) groups is 3. The Labute approximate surface area is 123 Å². The number of carboxylic acids is 1. The Balaban J connectivity index is 1.89. The molecule has 2 fully saturated rings. The van der Waals surface area contributed by atoms with E-state index in [4.69, 9.17) is 5.11 Å². The highest BCUT2D eigenvalue weighted by Crippen LogP contribution is 2.33. The number of methoxy groups -OCH3 is 1. The van der Waals surface area contributed by atoms with Gasteiger partial charge in [-0.3, -0.25) is 4.79 Å². The van der Waals surface area contributed by atoms with Crippen LogP contribution in [-0.2, 0) is 14.3 Å². The first kappa shape index (κ1) is 15.6. The average Bonchev–Trinajstić information content (AvgIpc) is 3.31. The van der Waals surface area contributed by atoms with Gasteiger partial charge in [0, 0.05) is 13.1 Å². The van der Waals surface area contributed by atoms with Gasteiger partial charge in [0.05, 0.1) is 13.5 Å². The van der Waals surface area contributed by atoms with E-state index in [9.17, 15) is 14.4 Å². The highest BCUT2D eigenvalue weighted by molar-refractivity contribution is 5.86. The van der Waals surface area contributed by atoms with Crippen molar-refractivity contribution in [2.45, 2.75) is 38.1 Å². The van der Waals surface area contributed by atoms with Crippen molar-refractivity contribution in [1.82, 2.24) is 10.2 Å². The van der Waals surface area contributed by atoms with Gasteiger partial charge in [-0.15, -0.1) is 0 Å². The number of urea groups is 1. The second kappa shape index (κ2) is 6.78. The zero-order valence-electron chi connectivity index (χ0n) is 12.2. The minimum Gasteiger partial charge on any atom is -0.480 e. The zero-order chi connectivity index (χ0) is 15.4. The molecule has 0 heterocycles. The molecule has 0 saturated heterocycles. The third-order valence-corrected chi connectivity index (χ3v) is 3.83. The number of nitrogens with one attached hydrogen (secondary N) is 1. The summed E-state index contributed by atoms with van der Waals surface area (Å²) >= 11 is 0. The molecule has 7 heteroatoms. The molecule has 0 aliphatic heterocycles. The highest BCUT2D eigenvalue weighted by atomic mass is 16.5. The quantitative estimate of drug-likeness (QED) is 0.647. The maximum atomic E-state index is 12.3. The molecule has 0 aromatic carbocycles. The highest BCUT2D eigenvalue weighted by Gasteiger charge is 2.33. The average molecular weight is 298 g/mol. The summed E-state index contributed by atoms with van der Waals surface area (Å²) in [5.74, 6) is -0.804. The van der Waals surface area contributed by atoms with Crippen LogP contribution in [0.25, 0.3) is 0 Å². The molecular weight excluding hydrogens is 276 g/mol. The largest absolute Gasteiger partial charge is 0.480 e. The number of amides is 2. The molecule has 2 saturated carbocycles. The van der Waals surface area contributed by atoms with Crippen molar-refractivity contribution >= 4 is 18.0 Å². The van der Waals surface area contributed by atoms with Crippen molar-refractivity contribution in [3.05, 3.63) is 0 Å². The standard InChI is InChI=1S/C14H22N2O5/c1-21-12(17)6-11(13(18)19)15-14(20)16(7-9-2-3-9)8-10-4-5-10/h9-11H,2-8H2,1H3,(H,15,20)(H,18,19)/t11-/m0/s1. The number of ether oxygens (including phenoxy) is 1. The number of nitrogens with zero attached hydrogens (tertiary/aromatic N) is 1. The summed E-state index contributed by atoms with van der Waals surface area (Å²) in [5.41, 5.74) is 0. The molecule has 0 unspecified atom stereocenters. The Morgan fingerprint density at radius 1 is 1.19 bits per heavy atom. The number of hydrogen-bond acceptors (Lipinski definition) is 4. The molecule has 0 bridgehead atoms. The van der Waals surface area contributed by atoms with Gasteiger partial charge in [-0.2, -0.15) is 0 Å². The number of esters is 1. The monoisotopic (exact) mass is 298 g/mol. The molecular formula is C14H22N2O5. The summed E-state index contributed by atoms with van der Waals surface area (Å²) in [7, 11) is 1.19. The van der Waals surface area contributed by atoms with Gasteiger partial charge in [0.25, 0.3) is 0 Å². The SMILES string of the molecule is COC(=O)C[C@H](NC(=O)N(CC1CC1)CC1CC1)C(=O)O. The van der Waals surface area contributed by atoms with E-state index in [-0.39, 0.29) is 6.42 Å². The predicted octanol–water partition coefficient (Wildman–Crippen LogP) is 0.834. The van der Waals surface area contributed by atoms with Gasteiger partial charge in [0.2, 0.25) is 0 Å². The van der Waals surface area contributed by atoms with Gasteiger partial charge in [-0.05, 0) is 37.5 Å². The van der Waals surface area contributed by atoms with Gasteiger partial charge in [0.1, 0.15) is 6.04 Å². The number of hydrogen-bond donors (Lipinski definition) is 2. The fourth-order valence-electron chi connectivity index (χ4n) is 2.15. The van der Waals surface area contributed by atoms with Crippen molar-refractivity contribution in [2.75, 3.05) is 20.2 Å². The van der Waals surface area contributed by atoms with Crippen molar-refractivity contribution in [3.63, 3.8) is 0 Å². The van der Waals surface area contributed by atoms with E-state index in [1.807, 2.05) is 0 Å². The number of carbonyl (C=O) groups excluding carboxylic acids is 2. The molecule has 2 N–H and O–H groups in total. The molecule has 0 radical (unpaired) electrons. The van der Waals surface area contributed by atoms with Crippen LogP contribution in [0, 0.1) is 11.8 Å². The molecule has 2 rings (SSSR count). The minimum atomic E-state index is -1.24. The topological polar surface area (TPSA) is 95.9 Å². The zero-order valence-corrected chi connectivity index (χ0v) is 12.2. The summed E-state index contributed by atoms with van der Waals surface area (Å²) in [6.07, 6.45) is 4.13. The second-order valence-corrected chi connectivity index (χ2v) is 5.91. The summed E-state index contributed by atoms with van der Waals surface area (Å²) in [6, 6.07) is -1.64. The van der Waals surface area contributed by atoms with Crippen molar-refractivity contribution in [1.29, 1.82) is 0 Å². The number of aliphatic carboxylic acids is 1. The summed E-state index contributed by atoms with van der Waals surface area (Å²) in [4.78, 5) is 36.3. The lowest BCUT2D eigenvalue weighted by atomic mass is 10.2. The van der Waals surface area contributed by atoms with E-state index in [1.54, 1.807) is 4.90 Å². The first-order chi connectivity index (χ1) is 9.99. The Hall–Kier alpha value is -1.79. The lowest BCUT2D eigenvalue weighted by Crippen LogP contribution is -2.49.